The Morgan fingerprint density at radius 3 is 1.92 bits per heavy atom. The summed E-state index contributed by atoms with van der Waals surface area (Å²) in [6, 6.07) is 60.2. The number of allylic oxidation sites excluding steroid dienone is 2. The van der Waals surface area contributed by atoms with Crippen LogP contribution in [0.2, 0.25) is 0 Å². The predicted molar refractivity (Wildman–Crippen MR) is 249 cm³/mol. The number of aromatic nitrogens is 1. The second-order valence-electron chi connectivity index (χ2n) is 16.4. The second kappa shape index (κ2) is 13.2. The molecule has 0 saturated heterocycles. The monoisotopic (exact) mass is 784 g/mol. The lowest BCUT2D eigenvalue weighted by atomic mass is 9.34. The summed E-state index contributed by atoms with van der Waals surface area (Å²) in [6.45, 7) is 1.92. The summed E-state index contributed by atoms with van der Waals surface area (Å²) < 4.78 is 23.9. The Morgan fingerprint density at radius 2 is 1.16 bits per heavy atom. The molecule has 0 saturated carbocycles. The molecule has 0 fully saturated rings. The van der Waals surface area contributed by atoms with Gasteiger partial charge in [0.1, 0.15) is 34.5 Å². The van der Waals surface area contributed by atoms with Gasteiger partial charge in [-0.15, -0.1) is 0 Å². The molecule has 1 aromatic heterocycles. The van der Waals surface area contributed by atoms with Crippen LogP contribution in [0.25, 0.3) is 38.6 Å². The minimum absolute atomic E-state index is 0.116. The summed E-state index contributed by atoms with van der Waals surface area (Å²) in [7, 11) is 0. The summed E-state index contributed by atoms with van der Waals surface area (Å²) in [5.41, 5.74) is 13.1. The highest BCUT2D eigenvalue weighted by Crippen LogP contribution is 2.52. The molecule has 4 aliphatic rings. The zero-order valence-corrected chi connectivity index (χ0v) is 33.3. The van der Waals surface area contributed by atoms with E-state index < -0.39 is 0 Å². The van der Waals surface area contributed by atoms with Gasteiger partial charge < -0.3 is 23.7 Å². The van der Waals surface area contributed by atoms with Gasteiger partial charge in [-0.25, -0.2) is 0 Å². The topological polar surface area (TPSA) is 35.9 Å². The number of para-hydroxylation sites is 6. The van der Waals surface area contributed by atoms with Crippen molar-refractivity contribution in [1.29, 1.82) is 0 Å². The zero-order chi connectivity index (χ0) is 40.2. The molecule has 6 heteroatoms. The molecule has 0 radical (unpaired) electrons. The van der Waals surface area contributed by atoms with Gasteiger partial charge in [-0.1, -0.05) is 152 Å². The smallest absolute Gasteiger partial charge is 0.260 e. The van der Waals surface area contributed by atoms with Crippen LogP contribution in [-0.2, 0) is 0 Å². The van der Waals surface area contributed by atoms with E-state index in [0.717, 1.165) is 84.2 Å². The van der Waals surface area contributed by atoms with E-state index in [2.05, 4.69) is 204 Å². The lowest BCUT2D eigenvalue weighted by Crippen LogP contribution is -2.57. The van der Waals surface area contributed by atoms with Crippen LogP contribution in [0.1, 0.15) is 17.0 Å². The molecular formula is C55H37BN2O3. The molecule has 5 nitrogen and oxygen atoms in total. The predicted octanol–water partition coefficient (Wildman–Crippen LogP) is 12.0. The molecule has 2 unspecified atom stereocenters. The van der Waals surface area contributed by atoms with Crippen LogP contribution < -0.4 is 35.5 Å². The summed E-state index contributed by atoms with van der Waals surface area (Å²) in [6.07, 6.45) is 8.98. The average molecular weight is 785 g/mol. The fourth-order valence-electron chi connectivity index (χ4n) is 10.4. The SMILES string of the molecule is Cc1cccc(-c2ccccc2)c1Oc1cc2c3c(c1)Oc1c(cccc1-n1c4ccccc4c4ccccc41)B3c1cccc(N3c4ccccc4C4C=CC=CC43)c1O2. The third-order valence-electron chi connectivity index (χ3n) is 13.0. The van der Waals surface area contributed by atoms with E-state index in [9.17, 15) is 0 Å². The van der Waals surface area contributed by atoms with Crippen molar-refractivity contribution in [2.24, 2.45) is 0 Å². The van der Waals surface area contributed by atoms with Gasteiger partial charge in [0, 0.05) is 45.5 Å². The van der Waals surface area contributed by atoms with Crippen LogP contribution in [0.3, 0.4) is 0 Å². The van der Waals surface area contributed by atoms with Gasteiger partial charge in [-0.2, -0.15) is 0 Å². The number of aryl methyl sites for hydroxylation is 1. The van der Waals surface area contributed by atoms with Gasteiger partial charge >= 0.3 is 0 Å². The Bertz CT molecular complexity index is 3290. The van der Waals surface area contributed by atoms with Crippen LogP contribution in [0.5, 0.6) is 34.5 Å². The Hall–Kier alpha value is -7.70. The van der Waals surface area contributed by atoms with Gasteiger partial charge in [0.2, 0.25) is 0 Å². The Balaban J connectivity index is 1.04. The third kappa shape index (κ3) is 5.02. The molecule has 8 aromatic carbocycles. The van der Waals surface area contributed by atoms with Crippen molar-refractivity contribution in [2.45, 2.75) is 18.9 Å². The fraction of sp³-hybridized carbons (Fsp3) is 0.0545. The first-order valence-corrected chi connectivity index (χ1v) is 21.0. The number of fused-ring (bicyclic) bond motifs is 10. The number of hydrogen-bond donors (Lipinski definition) is 0. The summed E-state index contributed by atoms with van der Waals surface area (Å²) in [4.78, 5) is 2.47. The van der Waals surface area contributed by atoms with Crippen molar-refractivity contribution in [3.05, 3.63) is 205 Å². The molecule has 0 spiro atoms. The van der Waals surface area contributed by atoms with E-state index in [1.54, 1.807) is 0 Å². The lowest BCUT2D eigenvalue weighted by molar-refractivity contribution is 0.441. The first kappa shape index (κ1) is 34.2. The highest BCUT2D eigenvalue weighted by molar-refractivity contribution is 6.98. The van der Waals surface area contributed by atoms with Crippen molar-refractivity contribution in [1.82, 2.24) is 4.57 Å². The van der Waals surface area contributed by atoms with Crippen molar-refractivity contribution in [3.63, 3.8) is 0 Å². The van der Waals surface area contributed by atoms with Crippen molar-refractivity contribution < 1.29 is 14.2 Å². The molecule has 0 N–H and O–H groups in total. The maximum Gasteiger partial charge on any atom is 0.260 e. The number of hydrogen-bond acceptors (Lipinski definition) is 4. The molecular weight excluding hydrogens is 747 g/mol. The Labute approximate surface area is 354 Å². The van der Waals surface area contributed by atoms with Crippen LogP contribution in [0.15, 0.2) is 194 Å². The van der Waals surface area contributed by atoms with E-state index >= 15 is 0 Å². The van der Waals surface area contributed by atoms with Gasteiger partial charge in [0.05, 0.1) is 28.5 Å². The van der Waals surface area contributed by atoms with Crippen molar-refractivity contribution >= 4 is 56.3 Å². The number of benzene rings is 8. The van der Waals surface area contributed by atoms with Gasteiger partial charge in [0.25, 0.3) is 6.71 Å². The van der Waals surface area contributed by atoms with E-state index in [1.807, 2.05) is 6.07 Å². The highest BCUT2D eigenvalue weighted by atomic mass is 16.5. The Kier molecular flexibility index (Phi) is 7.37. The number of anilines is 2. The van der Waals surface area contributed by atoms with Crippen LogP contribution in [0, 0.1) is 6.92 Å². The van der Waals surface area contributed by atoms with Gasteiger partial charge in [-0.3, -0.25) is 0 Å². The Morgan fingerprint density at radius 1 is 0.557 bits per heavy atom. The van der Waals surface area contributed by atoms with Gasteiger partial charge in [0.15, 0.2) is 0 Å². The highest BCUT2D eigenvalue weighted by Gasteiger charge is 2.45. The largest absolute Gasteiger partial charge is 0.456 e. The second-order valence-corrected chi connectivity index (χ2v) is 16.4. The summed E-state index contributed by atoms with van der Waals surface area (Å²) in [5, 5.41) is 2.41. The summed E-state index contributed by atoms with van der Waals surface area (Å²) >= 11 is 0. The van der Waals surface area contributed by atoms with Crippen molar-refractivity contribution in [3.8, 4) is 51.3 Å². The standard InChI is InChI=1S/C55H37BN2O3/c1-34-16-13-23-37(35-17-3-2-4-18-35)53(34)59-36-32-50-52-51(33-36)61-55-43(25-15-31-49(55)58-46-28-11-7-21-40(46)41-22-8-12-29-47(41)58)56(52)42-24-14-30-48(54(42)60-50)57-44-26-9-5-19-38(44)39-20-6-10-27-45(39)57/h2-33,38,44H,1H3. The van der Waals surface area contributed by atoms with E-state index in [-0.39, 0.29) is 18.7 Å². The number of rotatable bonds is 5. The first-order valence-electron chi connectivity index (χ1n) is 21.0. The number of ether oxygens (including phenoxy) is 3. The fourth-order valence-corrected chi connectivity index (χ4v) is 10.4. The maximum absolute atomic E-state index is 7.27. The van der Waals surface area contributed by atoms with E-state index in [1.165, 1.54) is 22.0 Å². The molecule has 1 aliphatic carbocycles. The normalized spacial score (nSPS) is 16.3. The minimum Gasteiger partial charge on any atom is -0.456 e. The zero-order valence-electron chi connectivity index (χ0n) is 33.3. The van der Waals surface area contributed by atoms with E-state index in [0.29, 0.717) is 5.75 Å². The lowest BCUT2D eigenvalue weighted by Gasteiger charge is -2.37. The van der Waals surface area contributed by atoms with Crippen LogP contribution in [-0.4, -0.2) is 17.3 Å². The molecule has 0 bridgehead atoms. The number of nitrogens with zero attached hydrogens (tertiary/aromatic N) is 2. The maximum atomic E-state index is 7.27. The van der Waals surface area contributed by atoms with E-state index in [4.69, 9.17) is 14.2 Å². The quantitative estimate of drug-likeness (QED) is 0.163. The third-order valence-corrected chi connectivity index (χ3v) is 13.0. The molecule has 0 amide bonds. The molecule has 3 aliphatic heterocycles. The molecule has 2 atom stereocenters. The average Bonchev–Trinajstić information content (AvgIpc) is 3.82. The molecule has 9 aromatic rings. The van der Waals surface area contributed by atoms with Crippen molar-refractivity contribution in [2.75, 3.05) is 4.90 Å². The molecule has 13 rings (SSSR count). The molecule has 61 heavy (non-hydrogen) atoms. The first-order chi connectivity index (χ1) is 30.2. The molecule has 288 valence electrons. The summed E-state index contributed by atoms with van der Waals surface area (Å²) in [5.74, 6) is 4.79. The molecule has 4 heterocycles. The van der Waals surface area contributed by atoms with Gasteiger partial charge in [-0.05, 0) is 64.9 Å². The van der Waals surface area contributed by atoms with Crippen LogP contribution >= 0.6 is 0 Å². The van der Waals surface area contributed by atoms with Crippen LogP contribution in [0.4, 0.5) is 11.4 Å². The minimum atomic E-state index is -0.173.